The van der Waals surface area contributed by atoms with Gasteiger partial charge in [0.25, 0.3) is 5.91 Å². The number of hydrogen-bond donors (Lipinski definition) is 2. The van der Waals surface area contributed by atoms with E-state index >= 15 is 0 Å². The summed E-state index contributed by atoms with van der Waals surface area (Å²) < 4.78 is 2.07. The minimum atomic E-state index is -0.0663. The summed E-state index contributed by atoms with van der Waals surface area (Å²) in [5, 5.41) is 2.92. The zero-order valence-electron chi connectivity index (χ0n) is 14.1. The standard InChI is InChI=1S/C20H22N4O/c21-13-19-23-18(15-24(19)14-16-7-3-1-4-8-16)11-12-22-20(25)17-9-5-2-6-10-17/h1-10,15H,11-14,21H2,(H,22,25). The van der Waals surface area contributed by atoms with E-state index in [2.05, 4.69) is 27.0 Å². The van der Waals surface area contributed by atoms with Crippen LogP contribution in [-0.4, -0.2) is 22.0 Å². The Bertz CT molecular complexity index is 812. The van der Waals surface area contributed by atoms with Gasteiger partial charge in [-0.05, 0) is 17.7 Å². The molecule has 3 N–H and O–H groups in total. The zero-order valence-corrected chi connectivity index (χ0v) is 14.1. The number of nitrogens with two attached hydrogens (primary N) is 1. The SMILES string of the molecule is NCc1nc(CCNC(=O)c2ccccc2)cn1Cc1ccccc1. The molecule has 5 heteroatoms. The van der Waals surface area contributed by atoms with Gasteiger partial charge in [0.05, 0.1) is 12.2 Å². The maximum absolute atomic E-state index is 12.0. The number of hydrogen-bond acceptors (Lipinski definition) is 3. The lowest BCUT2D eigenvalue weighted by molar-refractivity contribution is 0.0954. The lowest BCUT2D eigenvalue weighted by Crippen LogP contribution is -2.25. The number of nitrogens with zero attached hydrogens (tertiary/aromatic N) is 2. The Hall–Kier alpha value is -2.92. The zero-order chi connectivity index (χ0) is 17.5. The van der Waals surface area contributed by atoms with Crippen molar-refractivity contribution in [3.63, 3.8) is 0 Å². The van der Waals surface area contributed by atoms with Crippen molar-refractivity contribution in [1.82, 2.24) is 14.9 Å². The van der Waals surface area contributed by atoms with Crippen molar-refractivity contribution in [2.75, 3.05) is 6.54 Å². The lowest BCUT2D eigenvalue weighted by atomic mass is 10.2. The summed E-state index contributed by atoms with van der Waals surface area (Å²) in [4.78, 5) is 16.6. The van der Waals surface area contributed by atoms with Crippen LogP contribution >= 0.6 is 0 Å². The van der Waals surface area contributed by atoms with Crippen molar-refractivity contribution in [3.8, 4) is 0 Å². The lowest BCUT2D eigenvalue weighted by Gasteiger charge is -2.05. The molecule has 0 bridgehead atoms. The summed E-state index contributed by atoms with van der Waals surface area (Å²) in [5.41, 5.74) is 8.63. The first-order valence-electron chi connectivity index (χ1n) is 8.38. The van der Waals surface area contributed by atoms with Crippen molar-refractivity contribution >= 4 is 5.91 Å². The average molecular weight is 334 g/mol. The highest BCUT2D eigenvalue weighted by Gasteiger charge is 2.08. The Morgan fingerprint density at radius 3 is 2.40 bits per heavy atom. The fourth-order valence-corrected chi connectivity index (χ4v) is 2.71. The first-order chi connectivity index (χ1) is 12.3. The molecule has 0 saturated carbocycles. The van der Waals surface area contributed by atoms with Crippen LogP contribution in [0, 0.1) is 0 Å². The molecule has 5 nitrogen and oxygen atoms in total. The quantitative estimate of drug-likeness (QED) is 0.697. The minimum Gasteiger partial charge on any atom is -0.352 e. The van der Waals surface area contributed by atoms with Crippen LogP contribution in [0.2, 0.25) is 0 Å². The molecule has 0 saturated heterocycles. The van der Waals surface area contributed by atoms with Gasteiger partial charge in [-0.1, -0.05) is 48.5 Å². The highest BCUT2D eigenvalue weighted by atomic mass is 16.1. The second kappa shape index (κ2) is 8.26. The second-order valence-corrected chi connectivity index (χ2v) is 5.84. The summed E-state index contributed by atoms with van der Waals surface area (Å²) in [7, 11) is 0. The maximum atomic E-state index is 12.0. The molecule has 0 aliphatic carbocycles. The summed E-state index contributed by atoms with van der Waals surface area (Å²) in [6.07, 6.45) is 2.69. The van der Waals surface area contributed by atoms with Gasteiger partial charge in [-0.2, -0.15) is 0 Å². The predicted molar refractivity (Wildman–Crippen MR) is 98.1 cm³/mol. The Labute approximate surface area is 147 Å². The number of carbonyl (C=O) groups is 1. The van der Waals surface area contributed by atoms with Gasteiger partial charge in [-0.3, -0.25) is 4.79 Å². The molecule has 0 aliphatic rings. The molecule has 1 aromatic heterocycles. The number of nitrogens with one attached hydrogen (secondary N) is 1. The van der Waals surface area contributed by atoms with Crippen molar-refractivity contribution in [3.05, 3.63) is 89.5 Å². The molecule has 0 aliphatic heterocycles. The van der Waals surface area contributed by atoms with E-state index in [1.54, 1.807) is 12.1 Å². The van der Waals surface area contributed by atoms with Gasteiger partial charge < -0.3 is 15.6 Å². The van der Waals surface area contributed by atoms with Gasteiger partial charge >= 0.3 is 0 Å². The van der Waals surface area contributed by atoms with Crippen LogP contribution in [0.4, 0.5) is 0 Å². The number of carbonyl (C=O) groups excluding carboxylic acids is 1. The van der Waals surface area contributed by atoms with Gasteiger partial charge in [-0.15, -0.1) is 0 Å². The molecule has 1 amide bonds. The third-order valence-electron chi connectivity index (χ3n) is 3.99. The molecule has 0 radical (unpaired) electrons. The van der Waals surface area contributed by atoms with Crippen LogP contribution in [0.25, 0.3) is 0 Å². The normalized spacial score (nSPS) is 10.6. The third kappa shape index (κ3) is 4.55. The van der Waals surface area contributed by atoms with Crippen molar-refractivity contribution < 1.29 is 4.79 Å². The number of benzene rings is 2. The highest BCUT2D eigenvalue weighted by molar-refractivity contribution is 5.94. The van der Waals surface area contributed by atoms with Crippen molar-refractivity contribution in [1.29, 1.82) is 0 Å². The number of aromatic nitrogens is 2. The highest BCUT2D eigenvalue weighted by Crippen LogP contribution is 2.09. The molecule has 128 valence electrons. The monoisotopic (exact) mass is 334 g/mol. The van der Waals surface area contributed by atoms with Crippen LogP contribution < -0.4 is 11.1 Å². The van der Waals surface area contributed by atoms with Crippen LogP contribution in [0.5, 0.6) is 0 Å². The number of imidazole rings is 1. The van der Waals surface area contributed by atoms with Crippen molar-refractivity contribution in [2.24, 2.45) is 5.73 Å². The van der Waals surface area contributed by atoms with Gasteiger partial charge in [-0.25, -0.2) is 4.98 Å². The molecule has 0 atom stereocenters. The van der Waals surface area contributed by atoms with E-state index in [1.165, 1.54) is 5.56 Å². The molecule has 0 spiro atoms. The molecule has 2 aromatic carbocycles. The summed E-state index contributed by atoms with van der Waals surface area (Å²) in [6.45, 7) is 1.68. The molecular weight excluding hydrogens is 312 g/mol. The third-order valence-corrected chi connectivity index (χ3v) is 3.99. The molecule has 3 aromatic rings. The smallest absolute Gasteiger partial charge is 0.251 e. The largest absolute Gasteiger partial charge is 0.352 e. The van der Waals surface area contributed by atoms with Gasteiger partial charge in [0.1, 0.15) is 5.82 Å². The Morgan fingerprint density at radius 2 is 1.72 bits per heavy atom. The Kier molecular flexibility index (Phi) is 5.59. The Balaban J connectivity index is 1.59. The van der Waals surface area contributed by atoms with Crippen LogP contribution in [0.1, 0.15) is 27.4 Å². The number of rotatable bonds is 7. The fourth-order valence-electron chi connectivity index (χ4n) is 2.71. The van der Waals surface area contributed by atoms with E-state index in [0.717, 1.165) is 18.1 Å². The van der Waals surface area contributed by atoms with E-state index < -0.39 is 0 Å². The first-order valence-corrected chi connectivity index (χ1v) is 8.38. The first kappa shape index (κ1) is 16.9. The minimum absolute atomic E-state index is 0.0663. The second-order valence-electron chi connectivity index (χ2n) is 5.84. The van der Waals surface area contributed by atoms with E-state index in [1.807, 2.05) is 42.6 Å². The van der Waals surface area contributed by atoms with Gasteiger partial charge in [0.15, 0.2) is 0 Å². The molecule has 25 heavy (non-hydrogen) atoms. The maximum Gasteiger partial charge on any atom is 0.251 e. The summed E-state index contributed by atoms with van der Waals surface area (Å²) in [5.74, 6) is 0.789. The van der Waals surface area contributed by atoms with E-state index in [0.29, 0.717) is 25.1 Å². The average Bonchev–Trinajstić information content (AvgIpc) is 3.05. The molecule has 0 fully saturated rings. The van der Waals surface area contributed by atoms with Crippen LogP contribution in [-0.2, 0) is 19.5 Å². The summed E-state index contributed by atoms with van der Waals surface area (Å²) >= 11 is 0. The Morgan fingerprint density at radius 1 is 1.04 bits per heavy atom. The molecule has 3 rings (SSSR count). The van der Waals surface area contributed by atoms with Gasteiger partial charge in [0.2, 0.25) is 0 Å². The van der Waals surface area contributed by atoms with E-state index in [9.17, 15) is 4.79 Å². The predicted octanol–water partition coefficient (Wildman–Crippen LogP) is 2.36. The van der Waals surface area contributed by atoms with Crippen LogP contribution in [0.3, 0.4) is 0 Å². The molecular formula is C20H22N4O. The van der Waals surface area contributed by atoms with E-state index in [4.69, 9.17) is 5.73 Å². The topological polar surface area (TPSA) is 72.9 Å². The summed E-state index contributed by atoms with van der Waals surface area (Å²) in [6, 6.07) is 19.4. The van der Waals surface area contributed by atoms with Crippen molar-refractivity contribution in [2.45, 2.75) is 19.5 Å². The van der Waals surface area contributed by atoms with Gasteiger partial charge in [0, 0.05) is 31.3 Å². The molecule has 1 heterocycles. The molecule has 0 unspecified atom stereocenters. The number of amides is 1. The fraction of sp³-hybridized carbons (Fsp3) is 0.200. The van der Waals surface area contributed by atoms with Crippen LogP contribution in [0.15, 0.2) is 66.9 Å². The van der Waals surface area contributed by atoms with E-state index in [-0.39, 0.29) is 5.91 Å².